The summed E-state index contributed by atoms with van der Waals surface area (Å²) in [6, 6.07) is 0. The molecule has 0 aliphatic heterocycles. The minimum absolute atomic E-state index is 0.0925. The second-order valence-electron chi connectivity index (χ2n) is 6.42. The average molecular weight is 249 g/mol. The van der Waals surface area contributed by atoms with Crippen LogP contribution >= 0.6 is 0 Å². The molecule has 0 rings (SSSR count). The first kappa shape index (κ1) is 15.4. The molecule has 0 aromatic carbocycles. The molecule has 0 radical (unpaired) electrons. The summed E-state index contributed by atoms with van der Waals surface area (Å²) in [5, 5.41) is 0. The molecular weight excluding hydrogens is 220 g/mol. The summed E-state index contributed by atoms with van der Waals surface area (Å²) >= 11 is 0. The highest BCUT2D eigenvalue weighted by Crippen LogP contribution is 2.23. The van der Waals surface area contributed by atoms with E-state index in [2.05, 4.69) is 53.1 Å². The van der Waals surface area contributed by atoms with E-state index in [4.69, 9.17) is 8.85 Å². The molecule has 1 atom stereocenters. The van der Waals surface area contributed by atoms with E-state index < -0.39 is 16.6 Å². The molecule has 0 heterocycles. The normalized spacial score (nSPS) is 17.6. The SMILES string of the molecule is CCC(C)(CO[Si](C)(C)C)O[Si](C)(C)C. The van der Waals surface area contributed by atoms with Crippen molar-refractivity contribution in [2.75, 3.05) is 6.61 Å². The van der Waals surface area contributed by atoms with Gasteiger partial charge in [-0.2, -0.15) is 0 Å². The Morgan fingerprint density at radius 1 is 0.933 bits per heavy atom. The maximum atomic E-state index is 6.21. The lowest BCUT2D eigenvalue weighted by atomic mass is 10.1. The molecule has 0 saturated heterocycles. The second-order valence-corrected chi connectivity index (χ2v) is 15.4. The van der Waals surface area contributed by atoms with Gasteiger partial charge < -0.3 is 8.85 Å². The fourth-order valence-electron chi connectivity index (χ4n) is 1.31. The van der Waals surface area contributed by atoms with Gasteiger partial charge in [0.25, 0.3) is 0 Å². The number of rotatable bonds is 6. The van der Waals surface area contributed by atoms with Gasteiger partial charge in [0.05, 0.1) is 12.2 Å². The van der Waals surface area contributed by atoms with Gasteiger partial charge in [-0.15, -0.1) is 0 Å². The Morgan fingerprint density at radius 3 is 1.67 bits per heavy atom. The topological polar surface area (TPSA) is 18.5 Å². The van der Waals surface area contributed by atoms with Gasteiger partial charge in [-0.05, 0) is 52.6 Å². The molecule has 2 nitrogen and oxygen atoms in total. The minimum atomic E-state index is -1.47. The zero-order valence-electron chi connectivity index (χ0n) is 11.7. The molecule has 0 aromatic rings. The van der Waals surface area contributed by atoms with Crippen LogP contribution < -0.4 is 0 Å². The maximum absolute atomic E-state index is 6.21. The zero-order chi connectivity index (χ0) is 12.3. The summed E-state index contributed by atoms with van der Waals surface area (Å²) in [5.41, 5.74) is -0.0925. The Bertz CT molecular complexity index is 194. The summed E-state index contributed by atoms with van der Waals surface area (Å²) in [4.78, 5) is 0. The molecule has 0 aromatic heterocycles. The van der Waals surface area contributed by atoms with Crippen molar-refractivity contribution in [3.8, 4) is 0 Å². The summed E-state index contributed by atoms with van der Waals surface area (Å²) in [6.45, 7) is 18.4. The first-order valence-corrected chi connectivity index (χ1v) is 12.6. The van der Waals surface area contributed by atoms with Gasteiger partial charge in [0.1, 0.15) is 0 Å². The van der Waals surface area contributed by atoms with E-state index in [0.29, 0.717) is 0 Å². The van der Waals surface area contributed by atoms with Gasteiger partial charge in [0.2, 0.25) is 0 Å². The molecule has 1 unspecified atom stereocenters. The van der Waals surface area contributed by atoms with Crippen LogP contribution in [0.4, 0.5) is 0 Å². The van der Waals surface area contributed by atoms with Crippen LogP contribution in [0.5, 0.6) is 0 Å². The van der Waals surface area contributed by atoms with Crippen molar-refractivity contribution in [1.29, 1.82) is 0 Å². The summed E-state index contributed by atoms with van der Waals surface area (Å²) in [5.74, 6) is 0. The summed E-state index contributed by atoms with van der Waals surface area (Å²) in [7, 11) is -2.90. The van der Waals surface area contributed by atoms with E-state index in [0.717, 1.165) is 13.0 Å². The predicted molar refractivity (Wildman–Crippen MR) is 72.4 cm³/mol. The van der Waals surface area contributed by atoms with Crippen LogP contribution in [0.15, 0.2) is 0 Å². The molecule has 4 heteroatoms. The highest BCUT2D eigenvalue weighted by atomic mass is 28.4. The molecule has 0 aliphatic rings. The number of hydrogen-bond acceptors (Lipinski definition) is 2. The molecular formula is C11H28O2Si2. The standard InChI is InChI=1S/C11H28O2Si2/c1-9-11(2,13-15(6,7)8)10-12-14(3,4)5/h9-10H2,1-8H3. The van der Waals surface area contributed by atoms with Crippen molar-refractivity contribution in [3.05, 3.63) is 0 Å². The third kappa shape index (κ3) is 8.19. The lowest BCUT2D eigenvalue weighted by molar-refractivity contribution is 0.0224. The van der Waals surface area contributed by atoms with Gasteiger partial charge in [-0.1, -0.05) is 6.92 Å². The number of hydrogen-bond donors (Lipinski definition) is 0. The summed E-state index contributed by atoms with van der Waals surface area (Å²) < 4.78 is 12.2. The van der Waals surface area contributed by atoms with Gasteiger partial charge in [0.15, 0.2) is 16.6 Å². The summed E-state index contributed by atoms with van der Waals surface area (Å²) in [6.07, 6.45) is 1.02. The van der Waals surface area contributed by atoms with Crippen LogP contribution in [0.3, 0.4) is 0 Å². The van der Waals surface area contributed by atoms with Gasteiger partial charge in [0, 0.05) is 0 Å². The third-order valence-corrected chi connectivity index (χ3v) is 4.23. The Labute approximate surface area is 97.6 Å². The Morgan fingerprint density at radius 2 is 1.40 bits per heavy atom. The lowest BCUT2D eigenvalue weighted by Gasteiger charge is -2.37. The van der Waals surface area contributed by atoms with Gasteiger partial charge in [-0.25, -0.2) is 0 Å². The van der Waals surface area contributed by atoms with E-state index in [1.54, 1.807) is 0 Å². The van der Waals surface area contributed by atoms with Crippen molar-refractivity contribution in [1.82, 2.24) is 0 Å². The van der Waals surface area contributed by atoms with Crippen molar-refractivity contribution in [2.45, 2.75) is 65.2 Å². The first-order valence-electron chi connectivity index (χ1n) is 5.82. The van der Waals surface area contributed by atoms with Crippen LogP contribution in [0.1, 0.15) is 20.3 Å². The van der Waals surface area contributed by atoms with Gasteiger partial charge >= 0.3 is 0 Å². The average Bonchev–Trinajstić information content (AvgIpc) is 1.97. The van der Waals surface area contributed by atoms with Crippen molar-refractivity contribution in [2.24, 2.45) is 0 Å². The monoisotopic (exact) mass is 248 g/mol. The fraction of sp³-hybridized carbons (Fsp3) is 1.00. The van der Waals surface area contributed by atoms with E-state index in [1.807, 2.05) is 0 Å². The Balaban J connectivity index is 4.32. The minimum Gasteiger partial charge on any atom is -0.415 e. The van der Waals surface area contributed by atoms with Crippen LogP contribution in [0, 0.1) is 0 Å². The third-order valence-electron chi connectivity index (χ3n) is 2.11. The molecule has 0 N–H and O–H groups in total. The molecule has 0 aliphatic carbocycles. The molecule has 92 valence electrons. The van der Waals surface area contributed by atoms with Crippen LogP contribution in [-0.2, 0) is 8.85 Å². The highest BCUT2D eigenvalue weighted by Gasteiger charge is 2.31. The predicted octanol–water partition coefficient (Wildman–Crippen LogP) is 3.86. The lowest BCUT2D eigenvalue weighted by Crippen LogP contribution is -2.45. The Hall–Kier alpha value is 0.354. The van der Waals surface area contributed by atoms with E-state index in [1.165, 1.54) is 0 Å². The molecule has 0 fully saturated rings. The molecule has 15 heavy (non-hydrogen) atoms. The van der Waals surface area contributed by atoms with Gasteiger partial charge in [-0.3, -0.25) is 0 Å². The largest absolute Gasteiger partial charge is 0.415 e. The zero-order valence-corrected chi connectivity index (χ0v) is 13.7. The molecule has 0 spiro atoms. The van der Waals surface area contributed by atoms with E-state index >= 15 is 0 Å². The maximum Gasteiger partial charge on any atom is 0.184 e. The first-order chi connectivity index (χ1) is 6.47. The van der Waals surface area contributed by atoms with Crippen molar-refractivity contribution < 1.29 is 8.85 Å². The van der Waals surface area contributed by atoms with E-state index in [-0.39, 0.29) is 5.60 Å². The smallest absolute Gasteiger partial charge is 0.184 e. The van der Waals surface area contributed by atoms with E-state index in [9.17, 15) is 0 Å². The fourth-order valence-corrected chi connectivity index (χ4v) is 3.73. The Kier molecular flexibility index (Phi) is 5.24. The molecule has 0 amide bonds. The molecule has 0 saturated carbocycles. The van der Waals surface area contributed by atoms with Crippen LogP contribution in [0.2, 0.25) is 39.3 Å². The second kappa shape index (κ2) is 5.12. The quantitative estimate of drug-likeness (QED) is 0.665. The van der Waals surface area contributed by atoms with Crippen molar-refractivity contribution >= 4 is 16.6 Å². The molecule has 0 bridgehead atoms. The van der Waals surface area contributed by atoms with Crippen LogP contribution in [0.25, 0.3) is 0 Å². The highest BCUT2D eigenvalue weighted by molar-refractivity contribution is 6.70. The van der Waals surface area contributed by atoms with Crippen molar-refractivity contribution in [3.63, 3.8) is 0 Å². The van der Waals surface area contributed by atoms with Crippen LogP contribution in [-0.4, -0.2) is 28.8 Å².